The third-order valence-electron chi connectivity index (χ3n) is 4.18. The van der Waals surface area contributed by atoms with Crippen LogP contribution in [0.4, 0.5) is 5.95 Å². The number of hydrogen-bond acceptors (Lipinski definition) is 4. The topological polar surface area (TPSA) is 78.0 Å². The highest BCUT2D eigenvalue weighted by atomic mass is 35.5. The molecule has 0 aliphatic carbocycles. The lowest BCUT2D eigenvalue weighted by Gasteiger charge is -2.13. The lowest BCUT2D eigenvalue weighted by atomic mass is 9.97. The Labute approximate surface area is 163 Å². The number of aromatic nitrogens is 2. The number of nitrogen functional groups attached to an aromatic ring is 1. The smallest absolute Gasteiger partial charge is 0.244 e. The van der Waals surface area contributed by atoms with Crippen LogP contribution < -0.4 is 5.73 Å². The van der Waals surface area contributed by atoms with Gasteiger partial charge in [0.05, 0.1) is 16.3 Å². The second-order valence-electron chi connectivity index (χ2n) is 6.40. The van der Waals surface area contributed by atoms with Gasteiger partial charge in [-0.2, -0.15) is 0 Å². The maximum Gasteiger partial charge on any atom is 0.244 e. The normalized spacial score (nSPS) is 12.7. The third kappa shape index (κ3) is 3.63. The number of allylic oxidation sites excluding steroid dienone is 2. The molecule has 2 aromatic carbocycles. The van der Waals surface area contributed by atoms with Gasteiger partial charge in [0.25, 0.3) is 0 Å². The van der Waals surface area contributed by atoms with Gasteiger partial charge >= 0.3 is 0 Å². The molecule has 0 radical (unpaired) electrons. The monoisotopic (exact) mass is 401 g/mol. The van der Waals surface area contributed by atoms with Crippen molar-refractivity contribution in [2.45, 2.75) is 19.1 Å². The van der Waals surface area contributed by atoms with Gasteiger partial charge in [0.2, 0.25) is 16.0 Å². The Morgan fingerprint density at radius 2 is 1.85 bits per heavy atom. The zero-order valence-corrected chi connectivity index (χ0v) is 16.6. The van der Waals surface area contributed by atoms with Gasteiger partial charge < -0.3 is 5.73 Å². The molecule has 1 heterocycles. The van der Waals surface area contributed by atoms with Crippen LogP contribution in [0.5, 0.6) is 0 Å². The first-order valence-corrected chi connectivity index (χ1v) is 10.2. The Hall–Kier alpha value is -2.57. The van der Waals surface area contributed by atoms with Crippen LogP contribution in [-0.4, -0.2) is 22.6 Å². The summed E-state index contributed by atoms with van der Waals surface area (Å²) in [5.41, 5.74) is 9.41. The molecule has 0 aliphatic heterocycles. The van der Waals surface area contributed by atoms with Crippen LogP contribution in [0.2, 0.25) is 0 Å². The quantitative estimate of drug-likeness (QED) is 0.643. The van der Waals surface area contributed by atoms with E-state index in [0.717, 1.165) is 20.7 Å². The summed E-state index contributed by atoms with van der Waals surface area (Å²) in [5, 5.41) is -0.260. The van der Waals surface area contributed by atoms with E-state index in [2.05, 4.69) is 11.6 Å². The molecule has 0 bridgehead atoms. The molecule has 3 aromatic rings. The van der Waals surface area contributed by atoms with Gasteiger partial charge in [0.15, 0.2) is 0 Å². The van der Waals surface area contributed by atoms with Gasteiger partial charge in [-0.1, -0.05) is 54.6 Å². The van der Waals surface area contributed by atoms with Crippen molar-refractivity contribution >= 4 is 44.2 Å². The molecule has 2 N–H and O–H groups in total. The highest BCUT2D eigenvalue weighted by molar-refractivity contribution is 7.90. The Morgan fingerprint density at radius 1 is 1.19 bits per heavy atom. The summed E-state index contributed by atoms with van der Waals surface area (Å²) < 4.78 is 26.6. The fourth-order valence-corrected chi connectivity index (χ4v) is 4.08. The van der Waals surface area contributed by atoms with E-state index >= 15 is 0 Å². The number of nitrogens with two attached hydrogens (primary N) is 1. The minimum Gasteiger partial charge on any atom is -0.368 e. The van der Waals surface area contributed by atoms with E-state index in [-0.39, 0.29) is 5.95 Å². The first kappa shape index (κ1) is 19.2. The zero-order valence-electron chi connectivity index (χ0n) is 15.1. The summed E-state index contributed by atoms with van der Waals surface area (Å²) in [6.07, 6.45) is 1.75. The molecule has 3 rings (SSSR count). The molecule has 1 aromatic heterocycles. The summed E-state index contributed by atoms with van der Waals surface area (Å²) in [7, 11) is -3.65. The van der Waals surface area contributed by atoms with Crippen molar-refractivity contribution in [1.82, 2.24) is 8.96 Å². The lowest BCUT2D eigenvalue weighted by Crippen LogP contribution is -2.23. The summed E-state index contributed by atoms with van der Waals surface area (Å²) in [6.45, 7) is 6.96. The van der Waals surface area contributed by atoms with E-state index in [9.17, 15) is 8.42 Å². The molecule has 5 nitrogen and oxygen atoms in total. The van der Waals surface area contributed by atoms with Gasteiger partial charge in [-0.3, -0.25) is 0 Å². The number of hydrogen-bond donors (Lipinski definition) is 1. The largest absolute Gasteiger partial charge is 0.368 e. The summed E-state index contributed by atoms with van der Waals surface area (Å²) in [5.74, 6) is -0.0529. The van der Waals surface area contributed by atoms with Crippen molar-refractivity contribution in [2.75, 3.05) is 5.73 Å². The predicted octanol–water partition coefficient (Wildman–Crippen LogP) is 4.39. The van der Waals surface area contributed by atoms with Crippen molar-refractivity contribution in [3.8, 4) is 0 Å². The van der Waals surface area contributed by atoms with Crippen LogP contribution in [0.15, 0.2) is 66.2 Å². The highest BCUT2D eigenvalue weighted by Crippen LogP contribution is 2.30. The molecular weight excluding hydrogens is 382 g/mol. The van der Waals surface area contributed by atoms with Gasteiger partial charge in [-0.25, -0.2) is 17.4 Å². The highest BCUT2D eigenvalue weighted by Gasteiger charge is 2.24. The summed E-state index contributed by atoms with van der Waals surface area (Å²) in [6, 6.07) is 15.0. The van der Waals surface area contributed by atoms with Crippen LogP contribution >= 0.6 is 11.6 Å². The van der Waals surface area contributed by atoms with Gasteiger partial charge in [-0.15, -0.1) is 0 Å². The Kier molecular flexibility index (Phi) is 5.13. The SMILES string of the molecule is C=C(Cl)/C=C(/c1ccccc1)c1ccc2nc(N)n(S(=O)(=O)C(C)C)c2c1. The molecule has 140 valence electrons. The number of anilines is 1. The Bertz CT molecular complexity index is 1150. The standard InChI is InChI=1S/C20H20ClN3O2S/c1-13(2)27(25,26)24-19-12-16(9-10-18(19)23-20(24)22)17(11-14(3)21)15-7-5-4-6-8-15/h4-13H,3H2,1-2H3,(H2,22,23)/b17-11-. The summed E-state index contributed by atoms with van der Waals surface area (Å²) in [4.78, 5) is 4.19. The molecule has 0 spiro atoms. The van der Waals surface area contributed by atoms with E-state index in [1.165, 1.54) is 0 Å². The number of imidazole rings is 1. The van der Waals surface area contributed by atoms with Crippen LogP contribution in [-0.2, 0) is 10.0 Å². The van der Waals surface area contributed by atoms with Crippen LogP contribution in [0.3, 0.4) is 0 Å². The van der Waals surface area contributed by atoms with E-state index in [1.54, 1.807) is 32.1 Å². The second-order valence-corrected chi connectivity index (χ2v) is 9.23. The molecule has 27 heavy (non-hydrogen) atoms. The number of halogens is 1. The number of benzene rings is 2. The maximum atomic E-state index is 12.7. The van der Waals surface area contributed by atoms with Crippen LogP contribution in [0.25, 0.3) is 16.6 Å². The first-order chi connectivity index (χ1) is 12.7. The molecule has 0 atom stereocenters. The van der Waals surface area contributed by atoms with Crippen molar-refractivity contribution in [1.29, 1.82) is 0 Å². The minimum atomic E-state index is -3.65. The van der Waals surface area contributed by atoms with Crippen molar-refractivity contribution in [3.05, 3.63) is 77.3 Å². The molecule has 0 unspecified atom stereocenters. The fraction of sp³-hybridized carbons (Fsp3) is 0.150. The van der Waals surface area contributed by atoms with Crippen molar-refractivity contribution in [3.63, 3.8) is 0 Å². The van der Waals surface area contributed by atoms with E-state index < -0.39 is 15.3 Å². The zero-order chi connectivity index (χ0) is 19.8. The van der Waals surface area contributed by atoms with Gasteiger partial charge in [0, 0.05) is 5.03 Å². The maximum absolute atomic E-state index is 12.7. The number of rotatable bonds is 5. The van der Waals surface area contributed by atoms with E-state index in [4.69, 9.17) is 17.3 Å². The molecule has 0 saturated heterocycles. The molecule has 0 amide bonds. The van der Waals surface area contributed by atoms with Crippen molar-refractivity contribution in [2.24, 2.45) is 0 Å². The fourth-order valence-electron chi connectivity index (χ4n) is 2.83. The second kappa shape index (κ2) is 7.21. The Balaban J connectivity index is 2.28. The lowest BCUT2D eigenvalue weighted by molar-refractivity contribution is 0.580. The molecular formula is C20H20ClN3O2S. The average Bonchev–Trinajstić information content (AvgIpc) is 2.95. The van der Waals surface area contributed by atoms with E-state index in [1.807, 2.05) is 36.4 Å². The molecule has 0 aliphatic rings. The number of nitrogens with zero attached hydrogens (tertiary/aromatic N) is 2. The predicted molar refractivity (Wildman–Crippen MR) is 112 cm³/mol. The minimum absolute atomic E-state index is 0.0529. The van der Waals surface area contributed by atoms with Crippen LogP contribution in [0, 0.1) is 0 Å². The first-order valence-electron chi connectivity index (χ1n) is 8.36. The average molecular weight is 402 g/mol. The van der Waals surface area contributed by atoms with E-state index in [0.29, 0.717) is 16.1 Å². The van der Waals surface area contributed by atoms with Crippen molar-refractivity contribution < 1.29 is 8.42 Å². The molecule has 0 saturated carbocycles. The summed E-state index contributed by atoms with van der Waals surface area (Å²) >= 11 is 6.04. The third-order valence-corrected chi connectivity index (χ3v) is 6.38. The van der Waals surface area contributed by atoms with Crippen LogP contribution in [0.1, 0.15) is 25.0 Å². The molecule has 0 fully saturated rings. The molecule has 7 heteroatoms. The van der Waals surface area contributed by atoms with Gasteiger partial charge in [0.1, 0.15) is 0 Å². The van der Waals surface area contributed by atoms with Gasteiger partial charge in [-0.05, 0) is 48.8 Å². The number of fused-ring (bicyclic) bond motifs is 1. The Morgan fingerprint density at radius 3 is 2.44 bits per heavy atom.